The molecule has 0 spiro atoms. The third kappa shape index (κ3) is 4.30. The molecule has 0 aromatic carbocycles. The summed E-state index contributed by atoms with van der Waals surface area (Å²) in [5.41, 5.74) is 2.75. The lowest BCUT2D eigenvalue weighted by molar-refractivity contribution is -0.132. The zero-order valence-electron chi connectivity index (χ0n) is 6.48. The highest BCUT2D eigenvalue weighted by Crippen LogP contribution is 2.06. The first kappa shape index (κ1) is 9.87. The lowest BCUT2D eigenvalue weighted by Crippen LogP contribution is -2.42. The van der Waals surface area contributed by atoms with Crippen molar-refractivity contribution in [2.24, 2.45) is 5.73 Å². The van der Waals surface area contributed by atoms with Gasteiger partial charge in [0.25, 0.3) is 5.91 Å². The maximum absolute atomic E-state index is 12.7. The fraction of sp³-hybridized carbons (Fsp3) is 0.667. The smallest absolute Gasteiger partial charge is 0.257 e. The van der Waals surface area contributed by atoms with Gasteiger partial charge >= 0.3 is 0 Å². The Balaban J connectivity index is 3.80. The molecule has 11 heavy (non-hydrogen) atoms. The summed E-state index contributed by atoms with van der Waals surface area (Å²) >= 11 is 0. The van der Waals surface area contributed by atoms with Crippen molar-refractivity contribution in [3.05, 3.63) is 0 Å². The number of rotatable bonds is 3. The van der Waals surface area contributed by atoms with Crippen LogP contribution in [0.2, 0.25) is 0 Å². The molecule has 0 rings (SSSR count). The number of alkyl halides is 1. The summed E-state index contributed by atoms with van der Waals surface area (Å²) in [5.74, 6) is -1.53. The van der Waals surface area contributed by atoms with E-state index in [1.54, 1.807) is 0 Å². The Labute approximate surface area is 63.9 Å². The standard InChI is InChI=1S/C6H11FN2O2/c1-6(2,7)5(11)9-3-4(8)10/h3H2,1-2H3,(H2,8,10)(H,9,11). The third-order valence-electron chi connectivity index (χ3n) is 0.963. The van der Waals surface area contributed by atoms with Gasteiger partial charge in [0.1, 0.15) is 0 Å². The lowest BCUT2D eigenvalue weighted by atomic mass is 10.1. The van der Waals surface area contributed by atoms with Gasteiger partial charge in [-0.2, -0.15) is 0 Å². The molecule has 2 amide bonds. The van der Waals surface area contributed by atoms with E-state index in [0.29, 0.717) is 0 Å². The second kappa shape index (κ2) is 3.32. The summed E-state index contributed by atoms with van der Waals surface area (Å²) in [7, 11) is 0. The number of halogens is 1. The SMILES string of the molecule is CC(C)(F)C(=O)NCC(N)=O. The van der Waals surface area contributed by atoms with Crippen LogP contribution in [0.15, 0.2) is 0 Å². The van der Waals surface area contributed by atoms with Gasteiger partial charge in [-0.1, -0.05) is 0 Å². The average Bonchev–Trinajstić information content (AvgIpc) is 1.80. The summed E-state index contributed by atoms with van der Waals surface area (Å²) in [4.78, 5) is 20.8. The van der Waals surface area contributed by atoms with E-state index in [2.05, 4.69) is 0 Å². The maximum atomic E-state index is 12.7. The van der Waals surface area contributed by atoms with Crippen molar-refractivity contribution in [3.8, 4) is 0 Å². The van der Waals surface area contributed by atoms with Crippen LogP contribution in [0.5, 0.6) is 0 Å². The van der Waals surface area contributed by atoms with E-state index in [0.717, 1.165) is 13.8 Å². The molecule has 5 heteroatoms. The normalized spacial score (nSPS) is 10.8. The van der Waals surface area contributed by atoms with Gasteiger partial charge in [0, 0.05) is 0 Å². The molecule has 64 valence electrons. The van der Waals surface area contributed by atoms with Crippen LogP contribution >= 0.6 is 0 Å². The van der Waals surface area contributed by atoms with E-state index < -0.39 is 17.5 Å². The van der Waals surface area contributed by atoms with Gasteiger partial charge in [-0.05, 0) is 13.8 Å². The fourth-order valence-electron chi connectivity index (χ4n) is 0.378. The molecule has 0 aliphatic rings. The number of hydrogen-bond donors (Lipinski definition) is 2. The highest BCUT2D eigenvalue weighted by Gasteiger charge is 2.26. The van der Waals surface area contributed by atoms with E-state index in [9.17, 15) is 14.0 Å². The van der Waals surface area contributed by atoms with E-state index in [-0.39, 0.29) is 6.54 Å². The monoisotopic (exact) mass is 162 g/mol. The van der Waals surface area contributed by atoms with Crippen LogP contribution in [0.4, 0.5) is 4.39 Å². The molecule has 0 heterocycles. The first-order valence-corrected chi connectivity index (χ1v) is 3.09. The Kier molecular flexibility index (Phi) is 2.98. The van der Waals surface area contributed by atoms with Crippen molar-refractivity contribution in [2.75, 3.05) is 6.54 Å². The van der Waals surface area contributed by atoms with Crippen molar-refractivity contribution >= 4 is 11.8 Å². The van der Waals surface area contributed by atoms with Crippen molar-refractivity contribution in [1.29, 1.82) is 0 Å². The molecule has 0 aliphatic heterocycles. The molecular weight excluding hydrogens is 151 g/mol. The Bertz CT molecular complexity index is 174. The van der Waals surface area contributed by atoms with Crippen LogP contribution < -0.4 is 11.1 Å². The van der Waals surface area contributed by atoms with Gasteiger partial charge in [-0.25, -0.2) is 4.39 Å². The van der Waals surface area contributed by atoms with Gasteiger partial charge in [-0.15, -0.1) is 0 Å². The second-order valence-electron chi connectivity index (χ2n) is 2.62. The molecule has 3 N–H and O–H groups in total. The molecule has 0 saturated heterocycles. The highest BCUT2D eigenvalue weighted by atomic mass is 19.1. The summed E-state index contributed by atoms with van der Waals surface area (Å²) in [5, 5.41) is 2.03. The Morgan fingerprint density at radius 2 is 2.00 bits per heavy atom. The largest absolute Gasteiger partial charge is 0.368 e. The summed E-state index contributed by atoms with van der Waals surface area (Å²) < 4.78 is 12.7. The van der Waals surface area contributed by atoms with Gasteiger partial charge in [0.15, 0.2) is 5.67 Å². The molecule has 0 aromatic heterocycles. The number of carbonyl (C=O) groups is 2. The summed E-state index contributed by atoms with van der Waals surface area (Å²) in [6, 6.07) is 0. The Morgan fingerprint density at radius 1 is 1.55 bits per heavy atom. The minimum Gasteiger partial charge on any atom is -0.368 e. The number of hydrogen-bond acceptors (Lipinski definition) is 2. The summed E-state index contributed by atoms with van der Waals surface area (Å²) in [6.45, 7) is 1.87. The molecule has 4 nitrogen and oxygen atoms in total. The van der Waals surface area contributed by atoms with Crippen LogP contribution in [0.1, 0.15) is 13.8 Å². The number of nitrogens with one attached hydrogen (secondary N) is 1. The first-order chi connectivity index (χ1) is 4.84. The molecule has 0 saturated carbocycles. The number of nitrogens with two attached hydrogens (primary N) is 1. The molecule has 0 bridgehead atoms. The molecule has 0 unspecified atom stereocenters. The molecule has 0 aromatic rings. The maximum Gasteiger partial charge on any atom is 0.257 e. The van der Waals surface area contributed by atoms with E-state index in [1.165, 1.54) is 0 Å². The zero-order valence-corrected chi connectivity index (χ0v) is 6.48. The Morgan fingerprint density at radius 3 is 2.27 bits per heavy atom. The van der Waals surface area contributed by atoms with Crippen LogP contribution in [-0.4, -0.2) is 24.0 Å². The van der Waals surface area contributed by atoms with Gasteiger partial charge in [0.2, 0.25) is 5.91 Å². The van der Waals surface area contributed by atoms with Crippen molar-refractivity contribution in [3.63, 3.8) is 0 Å². The zero-order chi connectivity index (χ0) is 9.07. The highest BCUT2D eigenvalue weighted by molar-refractivity contribution is 5.88. The van der Waals surface area contributed by atoms with Gasteiger partial charge in [0.05, 0.1) is 6.54 Å². The van der Waals surface area contributed by atoms with Gasteiger partial charge < -0.3 is 11.1 Å². The number of primary amides is 1. The number of amides is 2. The lowest BCUT2D eigenvalue weighted by Gasteiger charge is -2.12. The number of carbonyl (C=O) groups excluding carboxylic acids is 2. The molecule has 0 atom stereocenters. The third-order valence-corrected chi connectivity index (χ3v) is 0.963. The molecule has 0 radical (unpaired) electrons. The van der Waals surface area contributed by atoms with E-state index in [4.69, 9.17) is 5.73 Å². The van der Waals surface area contributed by atoms with E-state index in [1.807, 2.05) is 5.32 Å². The van der Waals surface area contributed by atoms with Crippen molar-refractivity contribution < 1.29 is 14.0 Å². The minimum atomic E-state index is -1.96. The summed E-state index contributed by atoms with van der Waals surface area (Å²) in [6.07, 6.45) is 0. The predicted molar refractivity (Wildman–Crippen MR) is 37.4 cm³/mol. The average molecular weight is 162 g/mol. The van der Waals surface area contributed by atoms with Gasteiger partial charge in [-0.3, -0.25) is 9.59 Å². The fourth-order valence-corrected chi connectivity index (χ4v) is 0.378. The second-order valence-corrected chi connectivity index (χ2v) is 2.62. The molecular formula is C6H11FN2O2. The predicted octanol–water partition coefficient (Wildman–Crippen LogP) is -0.664. The quantitative estimate of drug-likeness (QED) is 0.578. The molecule has 0 fully saturated rings. The van der Waals surface area contributed by atoms with Crippen LogP contribution in [0.25, 0.3) is 0 Å². The minimum absolute atomic E-state index is 0.327. The Hall–Kier alpha value is -1.13. The van der Waals surface area contributed by atoms with Crippen LogP contribution in [0, 0.1) is 0 Å². The topological polar surface area (TPSA) is 72.2 Å². The first-order valence-electron chi connectivity index (χ1n) is 3.09. The van der Waals surface area contributed by atoms with E-state index >= 15 is 0 Å². The molecule has 0 aliphatic carbocycles. The van der Waals surface area contributed by atoms with Crippen LogP contribution in [0.3, 0.4) is 0 Å². The van der Waals surface area contributed by atoms with Crippen molar-refractivity contribution in [2.45, 2.75) is 19.5 Å². The van der Waals surface area contributed by atoms with Crippen LogP contribution in [-0.2, 0) is 9.59 Å². The van der Waals surface area contributed by atoms with Crippen molar-refractivity contribution in [1.82, 2.24) is 5.32 Å².